The Bertz CT molecular complexity index is 539. The molecule has 2 aromatic carbocycles. The van der Waals surface area contributed by atoms with E-state index in [1.807, 2.05) is 24.3 Å². The molecule has 2 heteroatoms. The van der Waals surface area contributed by atoms with Gasteiger partial charge in [0.2, 0.25) is 0 Å². The largest absolute Gasteiger partial charge is 0.412 e. The van der Waals surface area contributed by atoms with Gasteiger partial charge in [0.25, 0.3) is 0 Å². The van der Waals surface area contributed by atoms with Gasteiger partial charge in [0, 0.05) is 0 Å². The number of hydrogen-bond donors (Lipinski definition) is 1. The molecule has 2 N–H and O–H groups in total. The van der Waals surface area contributed by atoms with Gasteiger partial charge >= 0.3 is 0 Å². The van der Waals surface area contributed by atoms with Gasteiger partial charge in [-0.2, -0.15) is 5.90 Å². The second-order valence-corrected chi connectivity index (χ2v) is 5.60. The Labute approximate surface area is 120 Å². The summed E-state index contributed by atoms with van der Waals surface area (Å²) in [5, 5.41) is 0. The van der Waals surface area contributed by atoms with Gasteiger partial charge in [-0.1, -0.05) is 55.7 Å². The summed E-state index contributed by atoms with van der Waals surface area (Å²) in [6.45, 7) is 0. The van der Waals surface area contributed by atoms with Crippen LogP contribution in [0, 0.1) is 0 Å². The number of rotatable bonds is 3. The zero-order chi connectivity index (χ0) is 13.8. The summed E-state index contributed by atoms with van der Waals surface area (Å²) in [6, 6.07) is 16.9. The first kappa shape index (κ1) is 13.2. The molecule has 0 radical (unpaired) electrons. The SMILES string of the molecule is NOc1ccc(-c2ccc(C3CCCCC3)cc2)cc1. The fraction of sp³-hybridized carbons (Fsp3) is 0.333. The van der Waals surface area contributed by atoms with Crippen molar-refractivity contribution in [2.24, 2.45) is 5.90 Å². The normalized spacial score (nSPS) is 16.1. The molecule has 1 fully saturated rings. The highest BCUT2D eigenvalue weighted by Gasteiger charge is 2.15. The average Bonchev–Trinajstić information content (AvgIpc) is 2.56. The average molecular weight is 267 g/mol. The summed E-state index contributed by atoms with van der Waals surface area (Å²) in [5.41, 5.74) is 3.93. The molecule has 0 unspecified atom stereocenters. The highest BCUT2D eigenvalue weighted by atomic mass is 16.6. The summed E-state index contributed by atoms with van der Waals surface area (Å²) in [7, 11) is 0. The van der Waals surface area contributed by atoms with Crippen molar-refractivity contribution in [1.82, 2.24) is 0 Å². The molecule has 0 saturated heterocycles. The minimum atomic E-state index is 0.688. The Balaban J connectivity index is 1.77. The molecule has 0 bridgehead atoms. The zero-order valence-corrected chi connectivity index (χ0v) is 11.7. The molecule has 0 aliphatic heterocycles. The van der Waals surface area contributed by atoms with Gasteiger partial charge < -0.3 is 4.84 Å². The smallest absolute Gasteiger partial charge is 0.146 e. The lowest BCUT2D eigenvalue weighted by atomic mass is 9.84. The Morgan fingerprint density at radius 1 is 0.750 bits per heavy atom. The van der Waals surface area contributed by atoms with Gasteiger partial charge in [-0.25, -0.2) is 0 Å². The Morgan fingerprint density at radius 3 is 1.85 bits per heavy atom. The maximum Gasteiger partial charge on any atom is 0.146 e. The van der Waals surface area contributed by atoms with Crippen molar-refractivity contribution >= 4 is 0 Å². The van der Waals surface area contributed by atoms with E-state index in [2.05, 4.69) is 24.3 Å². The molecule has 1 aliphatic carbocycles. The molecule has 0 atom stereocenters. The van der Waals surface area contributed by atoms with Gasteiger partial charge in [-0.05, 0) is 47.6 Å². The van der Waals surface area contributed by atoms with Crippen molar-refractivity contribution in [1.29, 1.82) is 0 Å². The molecule has 3 rings (SSSR count). The van der Waals surface area contributed by atoms with Crippen LogP contribution >= 0.6 is 0 Å². The molecular weight excluding hydrogens is 246 g/mol. The second-order valence-electron chi connectivity index (χ2n) is 5.60. The highest BCUT2D eigenvalue weighted by Crippen LogP contribution is 2.33. The van der Waals surface area contributed by atoms with Gasteiger partial charge in [-0.15, -0.1) is 0 Å². The first-order valence-electron chi connectivity index (χ1n) is 7.44. The van der Waals surface area contributed by atoms with Gasteiger partial charge in [-0.3, -0.25) is 0 Å². The van der Waals surface area contributed by atoms with Crippen LogP contribution in [0.15, 0.2) is 48.5 Å². The van der Waals surface area contributed by atoms with E-state index in [0.29, 0.717) is 5.75 Å². The minimum absolute atomic E-state index is 0.688. The first-order chi connectivity index (χ1) is 9.86. The minimum Gasteiger partial charge on any atom is -0.412 e. The van der Waals surface area contributed by atoms with E-state index in [9.17, 15) is 0 Å². The van der Waals surface area contributed by atoms with Crippen molar-refractivity contribution < 1.29 is 4.84 Å². The van der Waals surface area contributed by atoms with E-state index in [0.717, 1.165) is 5.92 Å². The Hall–Kier alpha value is -1.80. The van der Waals surface area contributed by atoms with Crippen LogP contribution in [-0.4, -0.2) is 0 Å². The number of benzene rings is 2. The first-order valence-corrected chi connectivity index (χ1v) is 7.44. The number of hydrogen-bond acceptors (Lipinski definition) is 2. The monoisotopic (exact) mass is 267 g/mol. The zero-order valence-electron chi connectivity index (χ0n) is 11.7. The van der Waals surface area contributed by atoms with Crippen molar-refractivity contribution in [3.63, 3.8) is 0 Å². The van der Waals surface area contributed by atoms with Crippen molar-refractivity contribution in [2.75, 3.05) is 0 Å². The molecule has 1 saturated carbocycles. The van der Waals surface area contributed by atoms with E-state index < -0.39 is 0 Å². The van der Waals surface area contributed by atoms with Crippen LogP contribution in [0.5, 0.6) is 5.75 Å². The lowest BCUT2D eigenvalue weighted by Crippen LogP contribution is -2.04. The van der Waals surface area contributed by atoms with Crippen molar-refractivity contribution in [2.45, 2.75) is 38.0 Å². The molecule has 0 aromatic heterocycles. The standard InChI is InChI=1S/C18H21NO/c19-20-18-12-10-17(11-13-18)16-8-6-15(7-9-16)14-4-2-1-3-5-14/h6-14H,1-5,19H2. The maximum absolute atomic E-state index is 5.14. The summed E-state index contributed by atoms with van der Waals surface area (Å²) in [4.78, 5) is 4.70. The molecule has 0 heterocycles. The predicted octanol–water partition coefficient (Wildman–Crippen LogP) is 4.65. The van der Waals surface area contributed by atoms with Crippen LogP contribution in [0.25, 0.3) is 11.1 Å². The van der Waals surface area contributed by atoms with E-state index >= 15 is 0 Å². The Kier molecular flexibility index (Phi) is 4.03. The van der Waals surface area contributed by atoms with Crippen LogP contribution in [0.3, 0.4) is 0 Å². The third-order valence-electron chi connectivity index (χ3n) is 4.31. The fourth-order valence-corrected chi connectivity index (χ4v) is 3.11. The molecule has 20 heavy (non-hydrogen) atoms. The lowest BCUT2D eigenvalue weighted by molar-refractivity contribution is 0.334. The molecule has 0 spiro atoms. The van der Waals surface area contributed by atoms with Crippen LogP contribution in [0.4, 0.5) is 0 Å². The lowest BCUT2D eigenvalue weighted by Gasteiger charge is -2.22. The molecule has 2 nitrogen and oxygen atoms in total. The molecule has 1 aliphatic rings. The molecular formula is C18H21NO. The summed E-state index contributed by atoms with van der Waals surface area (Å²) < 4.78 is 0. The number of nitrogens with two attached hydrogens (primary N) is 1. The highest BCUT2D eigenvalue weighted by molar-refractivity contribution is 5.64. The van der Waals surface area contributed by atoms with E-state index in [1.165, 1.54) is 48.8 Å². The second kappa shape index (κ2) is 6.10. The summed E-state index contributed by atoms with van der Waals surface area (Å²) in [6.07, 6.45) is 6.87. The third kappa shape index (κ3) is 2.86. The quantitative estimate of drug-likeness (QED) is 0.821. The molecule has 0 amide bonds. The summed E-state index contributed by atoms with van der Waals surface area (Å²) in [5.74, 6) is 6.60. The van der Waals surface area contributed by atoms with E-state index in [1.54, 1.807) is 0 Å². The van der Waals surface area contributed by atoms with Gasteiger partial charge in [0.05, 0.1) is 0 Å². The van der Waals surface area contributed by atoms with Crippen LogP contribution in [0.2, 0.25) is 0 Å². The third-order valence-corrected chi connectivity index (χ3v) is 4.31. The fourth-order valence-electron chi connectivity index (χ4n) is 3.11. The summed E-state index contributed by atoms with van der Waals surface area (Å²) >= 11 is 0. The van der Waals surface area contributed by atoms with E-state index in [-0.39, 0.29) is 0 Å². The predicted molar refractivity (Wildman–Crippen MR) is 82.5 cm³/mol. The maximum atomic E-state index is 5.14. The van der Waals surface area contributed by atoms with Crippen LogP contribution < -0.4 is 10.7 Å². The Morgan fingerprint density at radius 2 is 1.30 bits per heavy atom. The van der Waals surface area contributed by atoms with Crippen molar-refractivity contribution in [3.8, 4) is 16.9 Å². The van der Waals surface area contributed by atoms with Gasteiger partial charge in [0.15, 0.2) is 0 Å². The molecule has 104 valence electrons. The molecule has 2 aromatic rings. The van der Waals surface area contributed by atoms with Gasteiger partial charge in [0.1, 0.15) is 5.75 Å². The van der Waals surface area contributed by atoms with Crippen LogP contribution in [0.1, 0.15) is 43.6 Å². The topological polar surface area (TPSA) is 35.2 Å². The van der Waals surface area contributed by atoms with E-state index in [4.69, 9.17) is 10.7 Å². The van der Waals surface area contributed by atoms with Crippen molar-refractivity contribution in [3.05, 3.63) is 54.1 Å². The van der Waals surface area contributed by atoms with Crippen LogP contribution in [-0.2, 0) is 0 Å².